The molecule has 0 spiro atoms. The first-order valence-corrected chi connectivity index (χ1v) is 5.96. The molecule has 88 valence electrons. The molecule has 0 unspecified atom stereocenters. The fourth-order valence-corrected chi connectivity index (χ4v) is 1.61. The number of nitrogens with zero attached hydrogens (tertiary/aromatic N) is 1. The number of aliphatic imine (C=N–C) groups is 1. The zero-order chi connectivity index (χ0) is 10.9. The van der Waals surface area contributed by atoms with Crippen LogP contribution in [0, 0.1) is 5.92 Å². The summed E-state index contributed by atoms with van der Waals surface area (Å²) in [6.45, 7) is 5.35. The number of aliphatic hydroxyl groups excluding tert-OH is 1. The summed E-state index contributed by atoms with van der Waals surface area (Å²) in [6.07, 6.45) is 4.36. The van der Waals surface area contributed by atoms with Gasteiger partial charge in [0.1, 0.15) is 0 Å². The van der Waals surface area contributed by atoms with Crippen molar-refractivity contribution < 1.29 is 5.11 Å². The van der Waals surface area contributed by atoms with Gasteiger partial charge in [-0.15, -0.1) is 0 Å². The third kappa shape index (κ3) is 5.62. The standard InChI is InChI=1S/C11H23N3O/c1-10(5-9-15)4-8-14-11-12-6-2-3-7-13-11/h10,15H,2-9H2,1H3,(H2,12,13,14)/t10-/m0/s1. The average Bonchev–Trinajstić information content (AvgIpc) is 2.47. The number of aliphatic hydroxyl groups is 1. The molecule has 1 aliphatic rings. The van der Waals surface area contributed by atoms with Crippen molar-refractivity contribution in [3.05, 3.63) is 0 Å². The Morgan fingerprint density at radius 2 is 2.33 bits per heavy atom. The Hall–Kier alpha value is -0.770. The van der Waals surface area contributed by atoms with Crippen LogP contribution in [0.5, 0.6) is 0 Å². The fraction of sp³-hybridized carbons (Fsp3) is 0.909. The lowest BCUT2D eigenvalue weighted by Gasteiger charge is -2.13. The molecule has 4 heteroatoms. The van der Waals surface area contributed by atoms with E-state index in [9.17, 15) is 0 Å². The lowest BCUT2D eigenvalue weighted by atomic mass is 10.1. The predicted molar refractivity (Wildman–Crippen MR) is 63.0 cm³/mol. The van der Waals surface area contributed by atoms with Gasteiger partial charge in [0.15, 0.2) is 5.96 Å². The summed E-state index contributed by atoms with van der Waals surface area (Å²) in [7, 11) is 0. The van der Waals surface area contributed by atoms with E-state index in [-0.39, 0.29) is 0 Å². The van der Waals surface area contributed by atoms with E-state index >= 15 is 0 Å². The highest BCUT2D eigenvalue weighted by molar-refractivity contribution is 5.79. The van der Waals surface area contributed by atoms with Crippen molar-refractivity contribution >= 4 is 5.96 Å². The summed E-state index contributed by atoms with van der Waals surface area (Å²) in [4.78, 5) is 4.41. The third-order valence-corrected chi connectivity index (χ3v) is 2.70. The first-order valence-electron chi connectivity index (χ1n) is 5.96. The molecule has 1 rings (SSSR count). The monoisotopic (exact) mass is 213 g/mol. The van der Waals surface area contributed by atoms with Gasteiger partial charge < -0.3 is 15.7 Å². The maximum Gasteiger partial charge on any atom is 0.191 e. The van der Waals surface area contributed by atoms with E-state index in [0.717, 1.165) is 38.4 Å². The van der Waals surface area contributed by atoms with Crippen molar-refractivity contribution in [2.75, 3.05) is 26.2 Å². The summed E-state index contributed by atoms with van der Waals surface area (Å²) < 4.78 is 0. The molecule has 0 aliphatic carbocycles. The van der Waals surface area contributed by atoms with E-state index in [4.69, 9.17) is 5.11 Å². The number of hydrogen-bond donors (Lipinski definition) is 3. The molecule has 0 radical (unpaired) electrons. The Labute approximate surface area is 92.2 Å². The van der Waals surface area contributed by atoms with Gasteiger partial charge in [-0.3, -0.25) is 4.99 Å². The van der Waals surface area contributed by atoms with Gasteiger partial charge in [0.05, 0.1) is 0 Å². The van der Waals surface area contributed by atoms with Crippen LogP contribution in [0.2, 0.25) is 0 Å². The van der Waals surface area contributed by atoms with Crippen LogP contribution in [0.15, 0.2) is 4.99 Å². The Kier molecular flexibility index (Phi) is 6.16. The summed E-state index contributed by atoms with van der Waals surface area (Å²) in [5.74, 6) is 1.53. The van der Waals surface area contributed by atoms with Crippen molar-refractivity contribution in [1.29, 1.82) is 0 Å². The topological polar surface area (TPSA) is 56.6 Å². The van der Waals surface area contributed by atoms with E-state index in [1.165, 1.54) is 12.8 Å². The smallest absolute Gasteiger partial charge is 0.191 e. The molecule has 0 saturated heterocycles. The number of guanidine groups is 1. The van der Waals surface area contributed by atoms with Crippen LogP contribution in [0.4, 0.5) is 0 Å². The predicted octanol–water partition coefficient (Wildman–Crippen LogP) is 0.724. The summed E-state index contributed by atoms with van der Waals surface area (Å²) >= 11 is 0. The summed E-state index contributed by atoms with van der Waals surface area (Å²) in [6, 6.07) is 0. The Bertz CT molecular complexity index is 194. The maximum atomic E-state index is 8.77. The van der Waals surface area contributed by atoms with Crippen LogP contribution in [0.3, 0.4) is 0 Å². The van der Waals surface area contributed by atoms with Gasteiger partial charge in [-0.2, -0.15) is 0 Å². The lowest BCUT2D eigenvalue weighted by Crippen LogP contribution is -2.37. The third-order valence-electron chi connectivity index (χ3n) is 2.70. The molecule has 0 aromatic carbocycles. The summed E-state index contributed by atoms with van der Waals surface area (Å²) in [5, 5.41) is 15.4. The number of hydrogen-bond acceptors (Lipinski definition) is 4. The Morgan fingerprint density at radius 3 is 3.13 bits per heavy atom. The van der Waals surface area contributed by atoms with Gasteiger partial charge in [-0.05, 0) is 31.6 Å². The van der Waals surface area contributed by atoms with Gasteiger partial charge in [0.25, 0.3) is 0 Å². The van der Waals surface area contributed by atoms with E-state index in [1.807, 2.05) is 0 Å². The van der Waals surface area contributed by atoms with E-state index in [2.05, 4.69) is 22.5 Å². The first kappa shape index (κ1) is 12.3. The van der Waals surface area contributed by atoms with Crippen LogP contribution < -0.4 is 10.6 Å². The highest BCUT2D eigenvalue weighted by Gasteiger charge is 2.04. The van der Waals surface area contributed by atoms with Gasteiger partial charge in [-0.25, -0.2) is 0 Å². The minimum absolute atomic E-state index is 0.292. The molecular formula is C11H23N3O. The zero-order valence-electron chi connectivity index (χ0n) is 9.63. The average molecular weight is 213 g/mol. The molecule has 0 bridgehead atoms. The van der Waals surface area contributed by atoms with Gasteiger partial charge >= 0.3 is 0 Å². The highest BCUT2D eigenvalue weighted by atomic mass is 16.3. The van der Waals surface area contributed by atoms with Crippen molar-refractivity contribution in [2.45, 2.75) is 32.6 Å². The fourth-order valence-electron chi connectivity index (χ4n) is 1.61. The SMILES string of the molecule is C[C@H](CCO)CCNC1=NCCCCN1. The molecule has 1 atom stereocenters. The first-order chi connectivity index (χ1) is 7.33. The second kappa shape index (κ2) is 7.51. The lowest BCUT2D eigenvalue weighted by molar-refractivity contribution is 0.259. The van der Waals surface area contributed by atoms with Crippen molar-refractivity contribution in [3.63, 3.8) is 0 Å². The molecule has 0 aromatic heterocycles. The quantitative estimate of drug-likeness (QED) is 0.631. The molecule has 0 saturated carbocycles. The Balaban J connectivity index is 2.10. The van der Waals surface area contributed by atoms with E-state index in [1.54, 1.807) is 0 Å². The maximum absolute atomic E-state index is 8.77. The molecule has 0 aromatic rings. The van der Waals surface area contributed by atoms with Crippen molar-refractivity contribution in [3.8, 4) is 0 Å². The van der Waals surface area contributed by atoms with Crippen LogP contribution in [-0.2, 0) is 0 Å². The van der Waals surface area contributed by atoms with Gasteiger partial charge in [-0.1, -0.05) is 6.92 Å². The van der Waals surface area contributed by atoms with Crippen LogP contribution in [-0.4, -0.2) is 37.3 Å². The molecule has 1 aliphatic heterocycles. The Morgan fingerprint density at radius 1 is 1.47 bits per heavy atom. The van der Waals surface area contributed by atoms with Crippen molar-refractivity contribution in [1.82, 2.24) is 10.6 Å². The van der Waals surface area contributed by atoms with E-state index < -0.39 is 0 Å². The second-order valence-corrected chi connectivity index (χ2v) is 4.20. The molecule has 0 fully saturated rings. The highest BCUT2D eigenvalue weighted by Crippen LogP contribution is 2.04. The van der Waals surface area contributed by atoms with Crippen molar-refractivity contribution in [2.24, 2.45) is 10.9 Å². The molecule has 15 heavy (non-hydrogen) atoms. The molecule has 4 nitrogen and oxygen atoms in total. The summed E-state index contributed by atoms with van der Waals surface area (Å²) in [5.41, 5.74) is 0. The van der Waals surface area contributed by atoms with Gasteiger partial charge in [0.2, 0.25) is 0 Å². The van der Waals surface area contributed by atoms with Crippen LogP contribution in [0.1, 0.15) is 32.6 Å². The minimum Gasteiger partial charge on any atom is -0.396 e. The normalized spacial score (nSPS) is 18.7. The molecule has 0 amide bonds. The minimum atomic E-state index is 0.292. The molecule has 1 heterocycles. The van der Waals surface area contributed by atoms with E-state index in [0.29, 0.717) is 12.5 Å². The second-order valence-electron chi connectivity index (χ2n) is 4.20. The van der Waals surface area contributed by atoms with Crippen LogP contribution in [0.25, 0.3) is 0 Å². The molecule has 3 N–H and O–H groups in total. The number of rotatable bonds is 5. The number of nitrogens with one attached hydrogen (secondary N) is 2. The largest absolute Gasteiger partial charge is 0.396 e. The van der Waals surface area contributed by atoms with Crippen LogP contribution >= 0.6 is 0 Å². The van der Waals surface area contributed by atoms with Gasteiger partial charge in [0, 0.05) is 26.2 Å². The molecular weight excluding hydrogens is 190 g/mol. The zero-order valence-corrected chi connectivity index (χ0v) is 9.63.